The zero-order valence-electron chi connectivity index (χ0n) is 26.8. The second-order valence-electron chi connectivity index (χ2n) is 12.3. The number of aliphatic hydroxyl groups excluding tert-OH is 1. The van der Waals surface area contributed by atoms with Crippen molar-refractivity contribution in [2.75, 3.05) is 30.2 Å². The van der Waals surface area contributed by atoms with Gasteiger partial charge in [0.25, 0.3) is 11.8 Å². The summed E-state index contributed by atoms with van der Waals surface area (Å²) in [7, 11) is -1.49. The van der Waals surface area contributed by atoms with Crippen LogP contribution in [0, 0.1) is 0 Å². The first kappa shape index (κ1) is 35.8. The van der Waals surface area contributed by atoms with E-state index in [1.54, 1.807) is 81.9 Å². The minimum absolute atomic E-state index is 0.0599. The summed E-state index contributed by atoms with van der Waals surface area (Å²) in [5, 5.41) is 21.3. The fraction of sp³-hybridized carbons (Fsp3) is 0.424. The molecule has 0 aliphatic carbocycles. The van der Waals surface area contributed by atoms with Crippen LogP contribution >= 0.6 is 11.8 Å². The minimum atomic E-state index is -1.77. The molecule has 4 N–H and O–H groups in total. The number of aliphatic hydroxyl groups is 1. The molecule has 4 rings (SSSR count). The van der Waals surface area contributed by atoms with Gasteiger partial charge in [-0.05, 0) is 51.1 Å². The fourth-order valence-corrected chi connectivity index (χ4v) is 7.11. The van der Waals surface area contributed by atoms with E-state index < -0.39 is 64.2 Å². The third-order valence-corrected chi connectivity index (χ3v) is 9.25. The Labute approximate surface area is 280 Å². The van der Waals surface area contributed by atoms with Gasteiger partial charge in [0, 0.05) is 45.3 Å². The summed E-state index contributed by atoms with van der Waals surface area (Å²) < 4.78 is 18.3. The normalized spacial score (nSPS) is 18.2. The van der Waals surface area contributed by atoms with Gasteiger partial charge in [0.05, 0.1) is 17.7 Å². The van der Waals surface area contributed by atoms with Crippen molar-refractivity contribution in [3.63, 3.8) is 0 Å². The number of fused-ring (bicyclic) bond motifs is 1. The van der Waals surface area contributed by atoms with Gasteiger partial charge in [0.15, 0.2) is 12.7 Å². The SMILES string of the molecule is CSC[C@H](NC(=O)COc1cccc2cnccc12)C(=O)N[C@@H](Cc1ccccc1)[C@H](O)C(=O)N1CS(=O)C[C@H]1C(=O)NC(C)(C)C. The Kier molecular flexibility index (Phi) is 12.4. The number of nitrogens with one attached hydrogen (secondary N) is 3. The molecule has 0 spiro atoms. The summed E-state index contributed by atoms with van der Waals surface area (Å²) in [4.78, 5) is 58.5. The first-order chi connectivity index (χ1) is 22.4. The summed E-state index contributed by atoms with van der Waals surface area (Å²) in [6, 6.07) is 13.0. The Bertz CT molecular complexity index is 1600. The maximum atomic E-state index is 13.7. The van der Waals surface area contributed by atoms with Gasteiger partial charge in [-0.1, -0.05) is 42.5 Å². The van der Waals surface area contributed by atoms with Crippen LogP contribution in [-0.4, -0.2) is 103 Å². The van der Waals surface area contributed by atoms with Crippen molar-refractivity contribution in [1.82, 2.24) is 25.8 Å². The van der Waals surface area contributed by atoms with Crippen molar-refractivity contribution < 1.29 is 33.2 Å². The van der Waals surface area contributed by atoms with Gasteiger partial charge < -0.3 is 30.7 Å². The molecular formula is C33H41N5O7S2. The molecule has 12 nitrogen and oxygen atoms in total. The topological polar surface area (TPSA) is 167 Å². The lowest BCUT2D eigenvalue weighted by Crippen LogP contribution is -2.59. The zero-order valence-corrected chi connectivity index (χ0v) is 28.4. The molecule has 1 aromatic heterocycles. The van der Waals surface area contributed by atoms with E-state index >= 15 is 0 Å². The molecule has 47 heavy (non-hydrogen) atoms. The molecular weight excluding hydrogens is 643 g/mol. The highest BCUT2D eigenvalue weighted by Crippen LogP contribution is 2.24. The van der Waals surface area contributed by atoms with Gasteiger partial charge in [-0.3, -0.25) is 28.4 Å². The van der Waals surface area contributed by atoms with Crippen LogP contribution in [0.2, 0.25) is 0 Å². The lowest BCUT2D eigenvalue weighted by molar-refractivity contribution is -0.147. The van der Waals surface area contributed by atoms with Gasteiger partial charge in [-0.15, -0.1) is 0 Å². The number of carbonyl (C=O) groups excluding carboxylic acids is 4. The molecule has 1 saturated heterocycles. The van der Waals surface area contributed by atoms with E-state index in [1.165, 1.54) is 11.8 Å². The van der Waals surface area contributed by atoms with E-state index in [-0.39, 0.29) is 30.4 Å². The van der Waals surface area contributed by atoms with E-state index in [2.05, 4.69) is 20.9 Å². The Morgan fingerprint density at radius 3 is 2.53 bits per heavy atom. The number of hydrogen-bond acceptors (Lipinski definition) is 9. The summed E-state index contributed by atoms with van der Waals surface area (Å²) >= 11 is 1.33. The predicted molar refractivity (Wildman–Crippen MR) is 182 cm³/mol. The van der Waals surface area contributed by atoms with Crippen molar-refractivity contribution in [2.45, 2.75) is 57.0 Å². The highest BCUT2D eigenvalue weighted by Gasteiger charge is 2.43. The Morgan fingerprint density at radius 2 is 1.83 bits per heavy atom. The zero-order chi connectivity index (χ0) is 34.1. The Morgan fingerprint density at radius 1 is 1.09 bits per heavy atom. The molecule has 1 aliphatic rings. The molecule has 4 amide bonds. The molecule has 1 aliphatic heterocycles. The van der Waals surface area contributed by atoms with Crippen LogP contribution in [0.25, 0.3) is 10.8 Å². The van der Waals surface area contributed by atoms with Crippen molar-refractivity contribution in [1.29, 1.82) is 0 Å². The number of ether oxygens (including phenoxy) is 1. The minimum Gasteiger partial charge on any atom is -0.483 e. The molecule has 2 heterocycles. The number of hydrogen-bond donors (Lipinski definition) is 4. The number of pyridine rings is 1. The largest absolute Gasteiger partial charge is 0.483 e. The van der Waals surface area contributed by atoms with Gasteiger partial charge in [0.2, 0.25) is 11.8 Å². The van der Waals surface area contributed by atoms with Crippen LogP contribution in [0.5, 0.6) is 5.75 Å². The van der Waals surface area contributed by atoms with Crippen molar-refractivity contribution in [3.8, 4) is 5.75 Å². The smallest absolute Gasteiger partial charge is 0.258 e. The third-order valence-electron chi connectivity index (χ3n) is 7.33. The van der Waals surface area contributed by atoms with E-state index in [9.17, 15) is 28.5 Å². The van der Waals surface area contributed by atoms with Gasteiger partial charge in [0.1, 0.15) is 17.8 Å². The first-order valence-corrected chi connectivity index (χ1v) is 18.0. The number of amides is 4. The van der Waals surface area contributed by atoms with Gasteiger partial charge >= 0.3 is 0 Å². The second kappa shape index (κ2) is 16.2. The molecule has 5 atom stereocenters. The number of thioether (sulfide) groups is 1. The Balaban J connectivity index is 1.48. The number of benzene rings is 2. The standard InChI is InChI=1S/C33H41N5O7S2/c1-33(2,3)37-31(42)26-19-47(44)20-38(26)32(43)29(40)24(15-21-9-6-5-7-10-21)36-30(41)25(18-46-4)35-28(39)17-45-27-12-8-11-22-16-34-14-13-23(22)27/h5-14,16,24-26,29,40H,15,17-20H2,1-4H3,(H,35,39)(H,36,41)(H,37,42)/t24-,25-,26-,29-,47?/m0/s1. The quantitative estimate of drug-likeness (QED) is 0.208. The summed E-state index contributed by atoms with van der Waals surface area (Å²) in [6.45, 7) is 5.03. The van der Waals surface area contributed by atoms with Crippen LogP contribution in [0.3, 0.4) is 0 Å². The predicted octanol–water partition coefficient (Wildman–Crippen LogP) is 1.38. The van der Waals surface area contributed by atoms with Gasteiger partial charge in [-0.2, -0.15) is 11.8 Å². The van der Waals surface area contributed by atoms with E-state index in [0.29, 0.717) is 5.75 Å². The monoisotopic (exact) mass is 683 g/mol. The highest BCUT2D eigenvalue weighted by atomic mass is 32.2. The maximum absolute atomic E-state index is 13.7. The van der Waals surface area contributed by atoms with Crippen LogP contribution < -0.4 is 20.7 Å². The van der Waals surface area contributed by atoms with E-state index in [0.717, 1.165) is 21.2 Å². The molecule has 3 aromatic rings. The number of carbonyl (C=O) groups is 4. The molecule has 0 saturated carbocycles. The maximum Gasteiger partial charge on any atom is 0.258 e. The van der Waals surface area contributed by atoms with Crippen LogP contribution in [-0.2, 0) is 36.4 Å². The third kappa shape index (κ3) is 9.99. The average Bonchev–Trinajstić information content (AvgIpc) is 3.44. The molecule has 1 unspecified atom stereocenters. The fourth-order valence-electron chi connectivity index (χ4n) is 5.13. The van der Waals surface area contributed by atoms with E-state index in [1.807, 2.05) is 12.1 Å². The lowest BCUT2D eigenvalue weighted by Gasteiger charge is -2.31. The Hall–Kier alpha value is -4.01. The molecule has 0 radical (unpaired) electrons. The molecule has 14 heteroatoms. The lowest BCUT2D eigenvalue weighted by atomic mass is 9.99. The van der Waals surface area contributed by atoms with Crippen molar-refractivity contribution in [2.24, 2.45) is 0 Å². The van der Waals surface area contributed by atoms with E-state index in [4.69, 9.17) is 4.74 Å². The van der Waals surface area contributed by atoms with Crippen molar-refractivity contribution >= 4 is 57.0 Å². The highest BCUT2D eigenvalue weighted by molar-refractivity contribution is 7.98. The molecule has 0 bridgehead atoms. The van der Waals surface area contributed by atoms with Crippen LogP contribution in [0.15, 0.2) is 67.0 Å². The second-order valence-corrected chi connectivity index (χ2v) is 14.6. The number of rotatable bonds is 13. The van der Waals surface area contributed by atoms with Crippen LogP contribution in [0.1, 0.15) is 26.3 Å². The molecule has 1 fully saturated rings. The first-order valence-electron chi connectivity index (χ1n) is 15.1. The average molecular weight is 684 g/mol. The summed E-state index contributed by atoms with van der Waals surface area (Å²) in [5.41, 5.74) is 0.146. The molecule has 252 valence electrons. The number of nitrogens with zero attached hydrogens (tertiary/aromatic N) is 2. The summed E-state index contributed by atoms with van der Waals surface area (Å²) in [6.07, 6.45) is 3.41. The number of aromatic nitrogens is 1. The van der Waals surface area contributed by atoms with Crippen LogP contribution in [0.4, 0.5) is 0 Å². The van der Waals surface area contributed by atoms with Gasteiger partial charge in [-0.25, -0.2) is 0 Å². The summed E-state index contributed by atoms with van der Waals surface area (Å²) in [5.74, 6) is -2.02. The molecule has 2 aromatic carbocycles. The van der Waals surface area contributed by atoms with Crippen molar-refractivity contribution in [3.05, 3.63) is 72.6 Å².